The molecule has 0 amide bonds. The molecular formula is C44H25NS2. The fraction of sp³-hybridized carbons (Fsp3) is 0. The van der Waals surface area contributed by atoms with Crippen molar-refractivity contribution in [1.29, 1.82) is 0 Å². The highest BCUT2D eigenvalue weighted by Crippen LogP contribution is 2.47. The van der Waals surface area contributed by atoms with Gasteiger partial charge in [-0.2, -0.15) is 0 Å². The molecule has 0 N–H and O–H groups in total. The Morgan fingerprint density at radius 3 is 1.34 bits per heavy atom. The molecule has 3 heteroatoms. The fourth-order valence-electron chi connectivity index (χ4n) is 7.90. The van der Waals surface area contributed by atoms with Crippen LogP contribution >= 0.6 is 22.7 Å². The van der Waals surface area contributed by atoms with E-state index >= 15 is 0 Å². The lowest BCUT2D eigenvalue weighted by Crippen LogP contribution is -1.93. The SMILES string of the molecule is c1ccc(-n2c3ccc(-c4ccc5sc6ccccc6c5c4)c4ccc5c(-c6ccc7sc8ccccc8c7c6)ccc2c5c43)cc1. The molecule has 0 bridgehead atoms. The molecule has 11 rings (SSSR count). The molecule has 3 aromatic heterocycles. The Labute approximate surface area is 278 Å². The normalized spacial score (nSPS) is 12.3. The molecule has 1 nitrogen and oxygen atoms in total. The quantitative estimate of drug-likeness (QED) is 0.171. The first-order chi connectivity index (χ1) is 23.3. The van der Waals surface area contributed by atoms with Crippen LogP contribution in [0.25, 0.3) is 101 Å². The van der Waals surface area contributed by atoms with Crippen LogP contribution in [0.4, 0.5) is 0 Å². The lowest BCUT2D eigenvalue weighted by atomic mass is 9.91. The van der Waals surface area contributed by atoms with Crippen LogP contribution in [0.1, 0.15) is 0 Å². The minimum absolute atomic E-state index is 1.18. The van der Waals surface area contributed by atoms with E-state index in [2.05, 4.69) is 156 Å². The zero-order valence-electron chi connectivity index (χ0n) is 25.2. The highest BCUT2D eigenvalue weighted by atomic mass is 32.1. The minimum Gasteiger partial charge on any atom is -0.309 e. The van der Waals surface area contributed by atoms with Gasteiger partial charge in [-0.05, 0) is 93.7 Å². The lowest BCUT2D eigenvalue weighted by molar-refractivity contribution is 1.18. The number of fused-ring (bicyclic) bond motifs is 6. The summed E-state index contributed by atoms with van der Waals surface area (Å²) in [5.74, 6) is 0. The van der Waals surface area contributed by atoms with Gasteiger partial charge in [0.2, 0.25) is 0 Å². The second kappa shape index (κ2) is 9.52. The summed E-state index contributed by atoms with van der Waals surface area (Å²) < 4.78 is 7.80. The van der Waals surface area contributed by atoms with Gasteiger partial charge in [-0.1, -0.05) is 91.0 Å². The highest BCUT2D eigenvalue weighted by Gasteiger charge is 2.21. The van der Waals surface area contributed by atoms with Gasteiger partial charge >= 0.3 is 0 Å². The monoisotopic (exact) mass is 631 g/mol. The summed E-state index contributed by atoms with van der Waals surface area (Å²) >= 11 is 3.75. The van der Waals surface area contributed by atoms with Gasteiger partial charge in [0.15, 0.2) is 0 Å². The van der Waals surface area contributed by atoms with Crippen LogP contribution in [0.15, 0.2) is 152 Å². The summed E-state index contributed by atoms with van der Waals surface area (Å²) in [4.78, 5) is 0. The van der Waals surface area contributed by atoms with E-state index in [-0.39, 0.29) is 0 Å². The second-order valence-electron chi connectivity index (χ2n) is 12.5. The van der Waals surface area contributed by atoms with Crippen molar-refractivity contribution < 1.29 is 0 Å². The van der Waals surface area contributed by atoms with Crippen LogP contribution < -0.4 is 0 Å². The number of para-hydroxylation sites is 1. The van der Waals surface area contributed by atoms with E-state index in [1.165, 1.54) is 101 Å². The Morgan fingerprint density at radius 2 is 0.809 bits per heavy atom. The summed E-state index contributed by atoms with van der Waals surface area (Å²) in [5, 5.41) is 10.6. The Kier molecular flexibility index (Phi) is 5.20. The van der Waals surface area contributed by atoms with Crippen molar-refractivity contribution in [1.82, 2.24) is 4.57 Å². The van der Waals surface area contributed by atoms with Gasteiger partial charge < -0.3 is 4.57 Å². The molecule has 218 valence electrons. The Balaban J connectivity index is 1.21. The summed E-state index contributed by atoms with van der Waals surface area (Å²) in [7, 11) is 0. The number of aromatic nitrogens is 1. The van der Waals surface area contributed by atoms with Crippen molar-refractivity contribution in [3.63, 3.8) is 0 Å². The van der Waals surface area contributed by atoms with Crippen molar-refractivity contribution in [3.8, 4) is 27.9 Å². The van der Waals surface area contributed by atoms with E-state index in [1.807, 2.05) is 22.7 Å². The number of rotatable bonds is 3. The van der Waals surface area contributed by atoms with E-state index in [0.29, 0.717) is 0 Å². The predicted molar refractivity (Wildman–Crippen MR) is 206 cm³/mol. The molecule has 3 heterocycles. The van der Waals surface area contributed by atoms with E-state index in [4.69, 9.17) is 0 Å². The van der Waals surface area contributed by atoms with Crippen molar-refractivity contribution in [3.05, 3.63) is 152 Å². The molecule has 0 spiro atoms. The minimum atomic E-state index is 1.18. The summed E-state index contributed by atoms with van der Waals surface area (Å²) in [6.07, 6.45) is 0. The summed E-state index contributed by atoms with van der Waals surface area (Å²) in [6.45, 7) is 0. The molecule has 0 aliphatic rings. The van der Waals surface area contributed by atoms with Crippen molar-refractivity contribution in [2.24, 2.45) is 0 Å². The number of hydrogen-bond donors (Lipinski definition) is 0. The molecule has 0 aliphatic heterocycles. The highest BCUT2D eigenvalue weighted by molar-refractivity contribution is 7.26. The Morgan fingerprint density at radius 1 is 0.340 bits per heavy atom. The zero-order valence-corrected chi connectivity index (χ0v) is 26.8. The van der Waals surface area contributed by atoms with Crippen LogP contribution in [0.2, 0.25) is 0 Å². The topological polar surface area (TPSA) is 4.93 Å². The molecule has 11 aromatic rings. The second-order valence-corrected chi connectivity index (χ2v) is 14.6. The number of hydrogen-bond acceptors (Lipinski definition) is 2. The van der Waals surface area contributed by atoms with Gasteiger partial charge in [-0.15, -0.1) is 22.7 Å². The summed E-state index contributed by atoms with van der Waals surface area (Å²) in [6, 6.07) is 56.4. The van der Waals surface area contributed by atoms with Crippen molar-refractivity contribution in [2.45, 2.75) is 0 Å². The molecule has 8 aromatic carbocycles. The first-order valence-corrected chi connectivity index (χ1v) is 17.6. The van der Waals surface area contributed by atoms with Crippen molar-refractivity contribution >= 4 is 95.6 Å². The summed E-state index contributed by atoms with van der Waals surface area (Å²) in [5.41, 5.74) is 8.75. The average Bonchev–Trinajstić information content (AvgIpc) is 3.80. The molecule has 47 heavy (non-hydrogen) atoms. The standard InChI is InChI=1S/C44H25NS2/c1-2-8-28(9-3-1)45-37-20-18-29(26-14-22-41-35(24-26)31-10-4-6-12-39(31)46-41)33-16-17-34-30(19-21-38(45)44(34)43(33)37)27-15-23-42-36(25-27)32-11-5-7-13-40(32)47-42/h1-25H. The molecule has 0 saturated carbocycles. The zero-order chi connectivity index (χ0) is 30.6. The third kappa shape index (κ3) is 3.58. The Hall–Kier alpha value is -5.48. The predicted octanol–water partition coefficient (Wildman–Crippen LogP) is 13.4. The van der Waals surface area contributed by atoms with Gasteiger partial charge in [0.05, 0.1) is 11.0 Å². The smallest absolute Gasteiger partial charge is 0.0547 e. The molecule has 0 unspecified atom stereocenters. The largest absolute Gasteiger partial charge is 0.309 e. The van der Waals surface area contributed by atoms with E-state index in [0.717, 1.165) is 0 Å². The Bertz CT molecular complexity index is 2830. The van der Waals surface area contributed by atoms with Crippen molar-refractivity contribution in [2.75, 3.05) is 0 Å². The van der Waals surface area contributed by atoms with Gasteiger partial charge in [0, 0.05) is 56.8 Å². The lowest BCUT2D eigenvalue weighted by Gasteiger charge is -2.12. The molecule has 0 fully saturated rings. The van der Waals surface area contributed by atoms with Crippen LogP contribution in [0, 0.1) is 0 Å². The maximum Gasteiger partial charge on any atom is 0.0547 e. The average molecular weight is 632 g/mol. The number of thiophene rings is 2. The van der Waals surface area contributed by atoms with Gasteiger partial charge in [-0.3, -0.25) is 0 Å². The van der Waals surface area contributed by atoms with Gasteiger partial charge in [0.25, 0.3) is 0 Å². The van der Waals surface area contributed by atoms with Crippen LogP contribution in [0.3, 0.4) is 0 Å². The number of nitrogens with zero attached hydrogens (tertiary/aromatic N) is 1. The first kappa shape index (κ1) is 25.7. The number of benzene rings is 8. The maximum atomic E-state index is 2.45. The van der Waals surface area contributed by atoms with E-state index in [1.54, 1.807) is 0 Å². The third-order valence-electron chi connectivity index (χ3n) is 9.99. The first-order valence-electron chi connectivity index (χ1n) is 16.0. The van der Waals surface area contributed by atoms with Crippen LogP contribution in [0.5, 0.6) is 0 Å². The maximum absolute atomic E-state index is 2.45. The van der Waals surface area contributed by atoms with Crippen LogP contribution in [-0.4, -0.2) is 4.57 Å². The molecule has 0 saturated heterocycles. The third-order valence-corrected chi connectivity index (χ3v) is 12.3. The van der Waals surface area contributed by atoms with Gasteiger partial charge in [-0.25, -0.2) is 0 Å². The molecule has 0 radical (unpaired) electrons. The van der Waals surface area contributed by atoms with E-state index in [9.17, 15) is 0 Å². The van der Waals surface area contributed by atoms with Gasteiger partial charge in [0.1, 0.15) is 0 Å². The molecular weight excluding hydrogens is 607 g/mol. The van der Waals surface area contributed by atoms with E-state index < -0.39 is 0 Å². The molecule has 0 aliphatic carbocycles. The van der Waals surface area contributed by atoms with Crippen LogP contribution in [-0.2, 0) is 0 Å². The molecule has 0 atom stereocenters. The fourth-order valence-corrected chi connectivity index (χ4v) is 10.1.